The largest absolute Gasteiger partial charge is 0.496 e. The van der Waals surface area contributed by atoms with E-state index in [1.807, 2.05) is 23.2 Å². The molecule has 0 bridgehead atoms. The smallest absolute Gasteiger partial charge is 0.335 e. The van der Waals surface area contributed by atoms with Crippen LogP contribution in [0.15, 0.2) is 48.7 Å². The quantitative estimate of drug-likeness (QED) is 0.645. The summed E-state index contributed by atoms with van der Waals surface area (Å²) in [5, 5.41) is 10.3. The van der Waals surface area contributed by atoms with Gasteiger partial charge in [-0.2, -0.15) is 0 Å². The molecular formula is C24H26N2O4. The van der Waals surface area contributed by atoms with Crippen molar-refractivity contribution in [2.24, 2.45) is 0 Å². The third-order valence-electron chi connectivity index (χ3n) is 5.94. The van der Waals surface area contributed by atoms with Crippen LogP contribution in [0, 0.1) is 0 Å². The highest BCUT2D eigenvalue weighted by Gasteiger charge is 2.26. The first-order chi connectivity index (χ1) is 14.5. The van der Waals surface area contributed by atoms with Gasteiger partial charge in [-0.25, -0.2) is 4.79 Å². The molecular weight excluding hydrogens is 380 g/mol. The van der Waals surface area contributed by atoms with Gasteiger partial charge in [-0.05, 0) is 48.6 Å². The highest BCUT2D eigenvalue weighted by atomic mass is 16.5. The van der Waals surface area contributed by atoms with Crippen molar-refractivity contribution in [3.05, 3.63) is 59.8 Å². The van der Waals surface area contributed by atoms with Crippen LogP contribution in [0.1, 0.15) is 48.5 Å². The van der Waals surface area contributed by atoms with Gasteiger partial charge in [-0.15, -0.1) is 0 Å². The molecule has 1 saturated carbocycles. The molecule has 6 heteroatoms. The lowest BCUT2D eigenvalue weighted by Crippen LogP contribution is -2.37. The standard InChI is InChI=1S/C24H26N2O4/c1-16(27)26(20-5-3-4-6-20)21-10-9-17-11-12-25(22(17)14-21)15-19-8-7-18(24(28)29)13-23(19)30-2/h7-14,20H,3-6,15H2,1-2H3,(H,28,29). The van der Waals surface area contributed by atoms with Gasteiger partial charge >= 0.3 is 5.97 Å². The Kier molecular flexibility index (Phi) is 5.48. The van der Waals surface area contributed by atoms with Crippen LogP contribution >= 0.6 is 0 Å². The number of nitrogens with zero attached hydrogens (tertiary/aromatic N) is 2. The van der Waals surface area contributed by atoms with Crippen molar-refractivity contribution in [2.75, 3.05) is 12.0 Å². The van der Waals surface area contributed by atoms with Crippen LogP contribution < -0.4 is 9.64 Å². The molecule has 1 fully saturated rings. The van der Waals surface area contributed by atoms with Gasteiger partial charge in [-0.1, -0.05) is 25.0 Å². The zero-order valence-electron chi connectivity index (χ0n) is 17.3. The number of methoxy groups -OCH3 is 1. The van der Waals surface area contributed by atoms with E-state index in [9.17, 15) is 14.7 Å². The number of ether oxygens (including phenoxy) is 1. The Labute approximate surface area is 175 Å². The second-order valence-electron chi connectivity index (χ2n) is 7.85. The second kappa shape index (κ2) is 8.22. The average molecular weight is 406 g/mol. The lowest BCUT2D eigenvalue weighted by molar-refractivity contribution is -0.117. The number of hydrogen-bond donors (Lipinski definition) is 1. The number of carboxylic acid groups (broad SMARTS) is 1. The normalized spacial score (nSPS) is 14.2. The average Bonchev–Trinajstić information content (AvgIpc) is 3.38. The third-order valence-corrected chi connectivity index (χ3v) is 5.94. The van der Waals surface area contributed by atoms with E-state index in [1.54, 1.807) is 32.2 Å². The van der Waals surface area contributed by atoms with E-state index in [-0.39, 0.29) is 17.5 Å². The summed E-state index contributed by atoms with van der Waals surface area (Å²) < 4.78 is 7.53. The maximum atomic E-state index is 12.4. The number of rotatable bonds is 6. The van der Waals surface area contributed by atoms with Gasteiger partial charge in [0.05, 0.1) is 24.7 Å². The molecule has 0 atom stereocenters. The number of carbonyl (C=O) groups excluding carboxylic acids is 1. The van der Waals surface area contributed by atoms with Crippen molar-refractivity contribution in [1.29, 1.82) is 0 Å². The van der Waals surface area contributed by atoms with Crippen LogP contribution in [0.2, 0.25) is 0 Å². The van der Waals surface area contributed by atoms with Gasteiger partial charge in [0.2, 0.25) is 5.91 Å². The first-order valence-electron chi connectivity index (χ1n) is 10.3. The summed E-state index contributed by atoms with van der Waals surface area (Å²) in [7, 11) is 1.54. The molecule has 1 aliphatic rings. The molecule has 1 N–H and O–H groups in total. The summed E-state index contributed by atoms with van der Waals surface area (Å²) in [4.78, 5) is 25.6. The molecule has 0 saturated heterocycles. The van der Waals surface area contributed by atoms with Crippen molar-refractivity contribution >= 4 is 28.5 Å². The number of anilines is 1. The summed E-state index contributed by atoms with van der Waals surface area (Å²) in [5.74, 6) is -0.360. The van der Waals surface area contributed by atoms with Crippen molar-refractivity contribution < 1.29 is 19.4 Å². The minimum atomic E-state index is -0.979. The molecule has 1 aromatic heterocycles. The fourth-order valence-electron chi connectivity index (χ4n) is 4.46. The molecule has 0 spiro atoms. The third kappa shape index (κ3) is 3.77. The molecule has 0 unspecified atom stereocenters. The highest BCUT2D eigenvalue weighted by Crippen LogP contribution is 2.31. The number of fused-ring (bicyclic) bond motifs is 1. The Morgan fingerprint density at radius 1 is 1.13 bits per heavy atom. The zero-order valence-corrected chi connectivity index (χ0v) is 17.3. The first-order valence-corrected chi connectivity index (χ1v) is 10.3. The number of carboxylic acids is 1. The predicted molar refractivity (Wildman–Crippen MR) is 116 cm³/mol. The molecule has 2 aromatic carbocycles. The summed E-state index contributed by atoms with van der Waals surface area (Å²) in [5.41, 5.74) is 3.05. The molecule has 30 heavy (non-hydrogen) atoms. The molecule has 1 heterocycles. The van der Waals surface area contributed by atoms with E-state index in [0.29, 0.717) is 12.3 Å². The molecule has 3 aromatic rings. The Balaban J connectivity index is 1.70. The highest BCUT2D eigenvalue weighted by molar-refractivity contribution is 5.95. The SMILES string of the molecule is COc1cc(C(=O)O)ccc1Cn1ccc2ccc(N(C(C)=O)C3CCCC3)cc21. The first kappa shape index (κ1) is 20.0. The Morgan fingerprint density at radius 3 is 2.57 bits per heavy atom. The number of aromatic nitrogens is 1. The fourth-order valence-corrected chi connectivity index (χ4v) is 4.46. The van der Waals surface area contributed by atoms with Crippen LogP contribution in [-0.2, 0) is 11.3 Å². The Bertz CT molecular complexity index is 1100. The molecule has 0 radical (unpaired) electrons. The topological polar surface area (TPSA) is 71.8 Å². The van der Waals surface area contributed by atoms with Crippen molar-refractivity contribution in [3.63, 3.8) is 0 Å². The number of benzene rings is 2. The monoisotopic (exact) mass is 406 g/mol. The summed E-state index contributed by atoms with van der Waals surface area (Å²) >= 11 is 0. The molecule has 1 aliphatic carbocycles. The molecule has 0 aliphatic heterocycles. The predicted octanol–water partition coefficient (Wildman–Crippen LogP) is 4.69. The van der Waals surface area contributed by atoms with Crippen LogP contribution in [0.25, 0.3) is 10.9 Å². The summed E-state index contributed by atoms with van der Waals surface area (Å²) in [6.45, 7) is 2.18. The second-order valence-corrected chi connectivity index (χ2v) is 7.85. The van der Waals surface area contributed by atoms with Crippen LogP contribution in [0.5, 0.6) is 5.75 Å². The molecule has 4 rings (SSSR count). The zero-order chi connectivity index (χ0) is 21.3. The van der Waals surface area contributed by atoms with Gasteiger partial charge in [0.25, 0.3) is 0 Å². The van der Waals surface area contributed by atoms with E-state index in [4.69, 9.17) is 4.74 Å². The number of carbonyl (C=O) groups is 2. The van der Waals surface area contributed by atoms with Crippen LogP contribution in [0.4, 0.5) is 5.69 Å². The van der Waals surface area contributed by atoms with Gasteiger partial charge < -0.3 is 19.3 Å². The van der Waals surface area contributed by atoms with Crippen LogP contribution in [0.3, 0.4) is 0 Å². The Hall–Kier alpha value is -3.28. The van der Waals surface area contributed by atoms with E-state index in [1.165, 1.54) is 12.8 Å². The number of aromatic carboxylic acids is 1. The summed E-state index contributed by atoms with van der Waals surface area (Å²) in [6, 6.07) is 13.4. The van der Waals surface area contributed by atoms with E-state index in [0.717, 1.165) is 35.0 Å². The van der Waals surface area contributed by atoms with Gasteiger partial charge in [0.1, 0.15) is 5.75 Å². The van der Waals surface area contributed by atoms with Gasteiger partial charge in [0, 0.05) is 30.4 Å². The van der Waals surface area contributed by atoms with Gasteiger partial charge in [0.15, 0.2) is 0 Å². The number of amides is 1. The van der Waals surface area contributed by atoms with Crippen molar-refractivity contribution in [1.82, 2.24) is 4.57 Å². The minimum Gasteiger partial charge on any atom is -0.496 e. The molecule has 156 valence electrons. The van der Waals surface area contributed by atoms with Crippen molar-refractivity contribution in [3.8, 4) is 5.75 Å². The maximum Gasteiger partial charge on any atom is 0.335 e. The van der Waals surface area contributed by atoms with Gasteiger partial charge in [-0.3, -0.25) is 4.79 Å². The molecule has 6 nitrogen and oxygen atoms in total. The maximum absolute atomic E-state index is 12.4. The van der Waals surface area contributed by atoms with Crippen LogP contribution in [-0.4, -0.2) is 34.7 Å². The Morgan fingerprint density at radius 2 is 1.90 bits per heavy atom. The van der Waals surface area contributed by atoms with E-state index < -0.39 is 5.97 Å². The van der Waals surface area contributed by atoms with E-state index in [2.05, 4.69) is 16.7 Å². The fraction of sp³-hybridized carbons (Fsp3) is 0.333. The van der Waals surface area contributed by atoms with Crippen molar-refractivity contribution in [2.45, 2.75) is 45.2 Å². The lowest BCUT2D eigenvalue weighted by Gasteiger charge is -2.28. The number of hydrogen-bond acceptors (Lipinski definition) is 3. The minimum absolute atomic E-state index is 0.0743. The summed E-state index contributed by atoms with van der Waals surface area (Å²) in [6.07, 6.45) is 6.43. The lowest BCUT2D eigenvalue weighted by atomic mass is 10.1. The van der Waals surface area contributed by atoms with E-state index >= 15 is 0 Å². The molecule has 1 amide bonds.